The summed E-state index contributed by atoms with van der Waals surface area (Å²) in [5, 5.41) is 6.14. The maximum absolute atomic E-state index is 14.8. The second-order valence-electron chi connectivity index (χ2n) is 16.4. The van der Waals surface area contributed by atoms with E-state index in [1.165, 1.54) is 37.4 Å². The van der Waals surface area contributed by atoms with Crippen molar-refractivity contribution in [3.8, 4) is 0 Å². The molecule has 4 aliphatic heterocycles. The number of rotatable bonds is 14. The van der Waals surface area contributed by atoms with Crippen molar-refractivity contribution in [2.45, 2.75) is 99.9 Å². The van der Waals surface area contributed by atoms with Gasteiger partial charge in [-0.3, -0.25) is 9.59 Å². The van der Waals surface area contributed by atoms with Crippen molar-refractivity contribution in [2.24, 2.45) is 5.41 Å². The summed E-state index contributed by atoms with van der Waals surface area (Å²) in [6.45, 7) is 7.19. The van der Waals surface area contributed by atoms with Gasteiger partial charge in [-0.25, -0.2) is 9.59 Å². The molecule has 0 radical (unpaired) electrons. The number of ether oxygens (including phenoxy) is 8. The lowest BCUT2D eigenvalue weighted by Gasteiger charge is -2.50. The summed E-state index contributed by atoms with van der Waals surface area (Å²) < 4.78 is 51.1. The molecule has 4 aromatic rings. The van der Waals surface area contributed by atoms with E-state index in [1.54, 1.807) is 60.7 Å². The van der Waals surface area contributed by atoms with Crippen LogP contribution < -0.4 is 10.6 Å². The van der Waals surface area contributed by atoms with Crippen LogP contribution in [0.4, 0.5) is 0 Å². The van der Waals surface area contributed by atoms with Crippen molar-refractivity contribution < 1.29 is 57.1 Å². The van der Waals surface area contributed by atoms with Gasteiger partial charge in [-0.15, -0.1) is 23.5 Å². The molecule has 8 rings (SSSR count). The number of hydrogen-bond donors (Lipinski definition) is 2. The molecule has 0 aromatic heterocycles. The molecule has 4 heterocycles. The third-order valence-corrected chi connectivity index (χ3v) is 13.9. The quantitative estimate of drug-likeness (QED) is 0.102. The van der Waals surface area contributed by atoms with Crippen molar-refractivity contribution in [3.05, 3.63) is 144 Å². The lowest BCUT2D eigenvalue weighted by atomic mass is 9.88. The van der Waals surface area contributed by atoms with Gasteiger partial charge in [-0.1, -0.05) is 111 Å². The van der Waals surface area contributed by atoms with Crippen LogP contribution in [-0.2, 0) is 47.5 Å². The molecule has 14 nitrogen and oxygen atoms in total. The first-order valence-electron chi connectivity index (χ1n) is 21.9. The molecule has 0 aliphatic carbocycles. The van der Waals surface area contributed by atoms with E-state index in [2.05, 4.69) is 10.6 Å². The highest BCUT2D eigenvalue weighted by atomic mass is 32.2. The van der Waals surface area contributed by atoms with Gasteiger partial charge in [0.05, 0.1) is 24.3 Å². The van der Waals surface area contributed by atoms with Gasteiger partial charge in [0.25, 0.3) is 0 Å². The Morgan fingerprint density at radius 2 is 0.908 bits per heavy atom. The highest BCUT2D eigenvalue weighted by Crippen LogP contribution is 2.41. The molecular formula is C49H54N2O12S2. The Hall–Kier alpha value is -4.78. The van der Waals surface area contributed by atoms with Crippen LogP contribution in [0.15, 0.2) is 121 Å². The number of fused-ring (bicyclic) bond motifs is 2. The van der Waals surface area contributed by atoms with Crippen molar-refractivity contribution in [1.29, 1.82) is 0 Å². The van der Waals surface area contributed by atoms with E-state index in [9.17, 15) is 19.2 Å². The van der Waals surface area contributed by atoms with Gasteiger partial charge >= 0.3 is 11.9 Å². The minimum Gasteiger partial charge on any atom is -0.454 e. The molecule has 2 amide bonds. The molecule has 2 N–H and O–H groups in total. The summed E-state index contributed by atoms with van der Waals surface area (Å²) in [6.07, 6.45) is -6.76. The molecule has 4 aliphatic rings. The van der Waals surface area contributed by atoms with Crippen LogP contribution in [0.2, 0.25) is 0 Å². The van der Waals surface area contributed by atoms with Crippen LogP contribution in [0, 0.1) is 5.41 Å². The third kappa shape index (κ3) is 10.6. The van der Waals surface area contributed by atoms with Gasteiger partial charge in [0, 0.05) is 11.1 Å². The summed E-state index contributed by atoms with van der Waals surface area (Å²) in [7, 11) is 0. The fourth-order valence-corrected chi connectivity index (χ4v) is 10.2. The Morgan fingerprint density at radius 3 is 1.26 bits per heavy atom. The maximum atomic E-state index is 14.8. The van der Waals surface area contributed by atoms with Crippen LogP contribution in [0.5, 0.6) is 0 Å². The van der Waals surface area contributed by atoms with Gasteiger partial charge in [0.2, 0.25) is 11.8 Å². The average Bonchev–Trinajstić information content (AvgIpc) is 3.34. The lowest BCUT2D eigenvalue weighted by molar-refractivity contribution is -0.306. The van der Waals surface area contributed by atoms with Crippen molar-refractivity contribution in [2.75, 3.05) is 24.7 Å². The normalized spacial score (nSPS) is 29.8. The van der Waals surface area contributed by atoms with E-state index >= 15 is 0 Å². The first-order chi connectivity index (χ1) is 31.5. The van der Waals surface area contributed by atoms with E-state index in [-0.39, 0.29) is 13.2 Å². The van der Waals surface area contributed by atoms with Crippen molar-refractivity contribution >= 4 is 47.3 Å². The topological polar surface area (TPSA) is 166 Å². The zero-order valence-electron chi connectivity index (χ0n) is 36.5. The third-order valence-electron chi connectivity index (χ3n) is 11.7. The van der Waals surface area contributed by atoms with Crippen LogP contribution >= 0.6 is 23.5 Å². The van der Waals surface area contributed by atoms with Crippen LogP contribution in [0.1, 0.15) is 72.1 Å². The Bertz CT molecular complexity index is 2070. The Labute approximate surface area is 387 Å². The zero-order chi connectivity index (χ0) is 45.5. The van der Waals surface area contributed by atoms with Gasteiger partial charge < -0.3 is 48.5 Å². The number of nitrogens with one attached hydrogen (secondary N) is 2. The SMILES string of the molecule is CCS[C@@H]1O[C@@H]2CO[C@@H](c3ccccc3)O[C@H]2[C@H](OC(=O)c2ccccc2)[C@H]1NC(=O)C(C)(C)C(=O)N[C@@H]1[C@@H](OC(=O)c2ccccc2)[C@@H]2O[C@H](c3ccccc3)OC[C@H]2O[C@H]1SCC. The first kappa shape index (κ1) is 46.7. The van der Waals surface area contributed by atoms with Crippen LogP contribution in [0.3, 0.4) is 0 Å². The van der Waals surface area contributed by atoms with E-state index in [1.807, 2.05) is 74.5 Å². The largest absolute Gasteiger partial charge is 0.454 e. The predicted octanol–water partition coefficient (Wildman–Crippen LogP) is 6.62. The molecule has 0 spiro atoms. The second kappa shape index (κ2) is 21.2. The average molecular weight is 927 g/mol. The van der Waals surface area contributed by atoms with Gasteiger partial charge in [0.15, 0.2) is 24.8 Å². The van der Waals surface area contributed by atoms with Gasteiger partial charge in [-0.2, -0.15) is 0 Å². The summed E-state index contributed by atoms with van der Waals surface area (Å²) in [4.78, 5) is 57.3. The second-order valence-corrected chi connectivity index (χ2v) is 19.2. The van der Waals surface area contributed by atoms with E-state index in [0.717, 1.165) is 11.1 Å². The lowest BCUT2D eigenvalue weighted by Crippen LogP contribution is -2.69. The molecule has 0 bridgehead atoms. The number of hydrogen-bond acceptors (Lipinski definition) is 14. The molecule has 4 aromatic carbocycles. The number of benzene rings is 4. The van der Waals surface area contributed by atoms with E-state index in [0.29, 0.717) is 22.6 Å². The minimum absolute atomic E-state index is 0.138. The van der Waals surface area contributed by atoms with Crippen molar-refractivity contribution in [3.63, 3.8) is 0 Å². The number of esters is 2. The standard InChI is InChI=1S/C49H54N2O12S2/c1-5-64-45-35(39(60-41(52)29-19-11-7-12-20-29)37-33(58-45)27-56-43(62-37)31-23-15-9-16-24-31)50-47(54)49(3,4)48(55)51-36-40(61-42(53)30-21-13-8-14-22-30)38-34(59-46(36)65-6-2)28-57-44(63-38)32-25-17-10-18-26-32/h7-26,33-40,43-46H,5-6,27-28H2,1-4H3,(H,50,54)(H,51,55)/t33-,34-,35-,36-,37-,38-,39-,40-,43-,44-,45+,46+/m1/s1. The molecule has 4 saturated heterocycles. The first-order valence-corrected chi connectivity index (χ1v) is 24.0. The van der Waals surface area contributed by atoms with E-state index in [4.69, 9.17) is 37.9 Å². The molecule has 4 fully saturated rings. The predicted molar refractivity (Wildman–Crippen MR) is 243 cm³/mol. The highest BCUT2D eigenvalue weighted by molar-refractivity contribution is 8.00. The van der Waals surface area contributed by atoms with Crippen molar-refractivity contribution in [1.82, 2.24) is 10.6 Å². The number of carbonyl (C=O) groups is 4. The summed E-state index contributed by atoms with van der Waals surface area (Å²) >= 11 is 2.83. The fourth-order valence-electron chi connectivity index (χ4n) is 8.20. The summed E-state index contributed by atoms with van der Waals surface area (Å²) in [5.41, 5.74) is -1.06. The number of amides is 2. The Morgan fingerprint density at radius 1 is 0.554 bits per heavy atom. The molecular weight excluding hydrogens is 873 g/mol. The highest BCUT2D eigenvalue weighted by Gasteiger charge is 2.56. The number of carbonyl (C=O) groups excluding carboxylic acids is 4. The summed E-state index contributed by atoms with van der Waals surface area (Å²) in [5.74, 6) is -1.39. The molecule has 344 valence electrons. The summed E-state index contributed by atoms with van der Waals surface area (Å²) in [6, 6.07) is 33.9. The molecule has 0 saturated carbocycles. The minimum atomic E-state index is -1.76. The smallest absolute Gasteiger partial charge is 0.338 e. The van der Waals surface area contributed by atoms with E-state index < -0.39 is 101 Å². The molecule has 0 unspecified atom stereocenters. The number of thioether (sulfide) groups is 2. The molecule has 65 heavy (non-hydrogen) atoms. The van der Waals surface area contributed by atoms with Crippen LogP contribution in [-0.4, -0.2) is 108 Å². The van der Waals surface area contributed by atoms with Gasteiger partial charge in [-0.05, 0) is 49.6 Å². The Balaban J connectivity index is 1.07. The fraction of sp³-hybridized carbons (Fsp3) is 0.429. The Kier molecular flexibility index (Phi) is 15.3. The van der Waals surface area contributed by atoms with Crippen LogP contribution in [0.25, 0.3) is 0 Å². The maximum Gasteiger partial charge on any atom is 0.338 e. The molecule has 12 atom stereocenters. The van der Waals surface area contributed by atoms with Gasteiger partial charge in [0.1, 0.15) is 52.8 Å². The zero-order valence-corrected chi connectivity index (χ0v) is 38.2. The molecule has 16 heteroatoms. The monoisotopic (exact) mass is 926 g/mol.